The van der Waals surface area contributed by atoms with Crippen LogP contribution in [-0.2, 0) is 6.54 Å². The molecule has 3 heterocycles. The Balaban J connectivity index is 1.53. The number of rotatable bonds is 5. The van der Waals surface area contributed by atoms with Crippen LogP contribution in [0.1, 0.15) is 34.5 Å². The highest BCUT2D eigenvalue weighted by molar-refractivity contribution is 6.18. The van der Waals surface area contributed by atoms with Gasteiger partial charge in [-0.05, 0) is 63.2 Å². The number of ether oxygens (including phenoxy) is 2. The van der Waals surface area contributed by atoms with Crippen molar-refractivity contribution in [3.8, 4) is 11.5 Å². The lowest BCUT2D eigenvalue weighted by Crippen LogP contribution is -2.38. The van der Waals surface area contributed by atoms with Crippen LogP contribution in [0.5, 0.6) is 11.5 Å². The molecule has 1 aromatic heterocycles. The highest BCUT2D eigenvalue weighted by Gasteiger charge is 2.30. The highest BCUT2D eigenvalue weighted by atomic mass is 16.5. The van der Waals surface area contributed by atoms with Crippen molar-refractivity contribution in [1.82, 2.24) is 9.47 Å². The van der Waals surface area contributed by atoms with Crippen LogP contribution in [0.15, 0.2) is 42.5 Å². The fourth-order valence-corrected chi connectivity index (χ4v) is 4.77. The monoisotopic (exact) mass is 390 g/mol. The number of carbonyl (C=O) groups is 1. The molecule has 0 N–H and O–H groups in total. The Morgan fingerprint density at radius 1 is 1.14 bits per heavy atom. The van der Waals surface area contributed by atoms with Crippen molar-refractivity contribution in [3.05, 3.63) is 59.3 Å². The van der Waals surface area contributed by atoms with Crippen molar-refractivity contribution in [2.24, 2.45) is 0 Å². The third-order valence-electron chi connectivity index (χ3n) is 6.22. The highest BCUT2D eigenvalue weighted by Crippen LogP contribution is 2.37. The van der Waals surface area contributed by atoms with Gasteiger partial charge in [0.15, 0.2) is 5.78 Å². The smallest absolute Gasteiger partial charge is 0.195 e. The molecule has 0 spiro atoms. The molecule has 150 valence electrons. The van der Waals surface area contributed by atoms with E-state index in [1.54, 1.807) is 7.11 Å². The van der Waals surface area contributed by atoms with E-state index in [0.717, 1.165) is 59.8 Å². The predicted molar refractivity (Wildman–Crippen MR) is 113 cm³/mol. The van der Waals surface area contributed by atoms with E-state index in [1.165, 1.54) is 12.8 Å². The molecule has 2 aliphatic heterocycles. The lowest BCUT2D eigenvalue weighted by molar-refractivity contribution is 0.103. The third kappa shape index (κ3) is 3.10. The second kappa shape index (κ2) is 7.23. The number of likely N-dealkylation sites (tertiary alicyclic amines) is 1. The molecular formula is C24H26N2O3. The zero-order valence-corrected chi connectivity index (χ0v) is 17.0. The van der Waals surface area contributed by atoms with Gasteiger partial charge in [0.05, 0.1) is 24.7 Å². The molecule has 29 heavy (non-hydrogen) atoms. The summed E-state index contributed by atoms with van der Waals surface area (Å²) in [5, 5.41) is 0.973. The second-order valence-electron chi connectivity index (χ2n) is 8.03. The summed E-state index contributed by atoms with van der Waals surface area (Å²) in [4.78, 5) is 15.9. The fourth-order valence-electron chi connectivity index (χ4n) is 4.77. The molecule has 3 aromatic rings. The molecule has 0 aliphatic carbocycles. The Morgan fingerprint density at radius 3 is 2.62 bits per heavy atom. The van der Waals surface area contributed by atoms with E-state index in [-0.39, 0.29) is 11.9 Å². The molecule has 0 amide bonds. The average molecular weight is 390 g/mol. The van der Waals surface area contributed by atoms with Crippen LogP contribution in [0.2, 0.25) is 0 Å². The van der Waals surface area contributed by atoms with Crippen molar-refractivity contribution in [2.75, 3.05) is 26.7 Å². The maximum absolute atomic E-state index is 13.4. The molecular weight excluding hydrogens is 364 g/mol. The summed E-state index contributed by atoms with van der Waals surface area (Å²) < 4.78 is 13.9. The Kier molecular flexibility index (Phi) is 4.55. The van der Waals surface area contributed by atoms with Gasteiger partial charge in [-0.2, -0.15) is 0 Å². The number of methoxy groups -OCH3 is 1. The quantitative estimate of drug-likeness (QED) is 0.617. The van der Waals surface area contributed by atoms with E-state index in [0.29, 0.717) is 5.56 Å². The number of aromatic nitrogens is 1. The first-order chi connectivity index (χ1) is 14.2. The van der Waals surface area contributed by atoms with Crippen LogP contribution in [0, 0.1) is 6.92 Å². The maximum atomic E-state index is 13.4. The first-order valence-electron chi connectivity index (χ1n) is 10.4. The number of para-hydroxylation sites is 1. The Morgan fingerprint density at radius 2 is 1.90 bits per heavy atom. The minimum absolute atomic E-state index is 0.0454. The Labute approximate surface area is 170 Å². The van der Waals surface area contributed by atoms with Crippen molar-refractivity contribution < 1.29 is 14.3 Å². The van der Waals surface area contributed by atoms with Gasteiger partial charge in [0, 0.05) is 23.2 Å². The lowest BCUT2D eigenvalue weighted by atomic mass is 10.0. The van der Waals surface area contributed by atoms with Gasteiger partial charge in [0.2, 0.25) is 0 Å². The molecule has 2 aliphatic rings. The molecule has 5 rings (SSSR count). The Hall–Kier alpha value is -2.79. The van der Waals surface area contributed by atoms with Gasteiger partial charge in [-0.1, -0.05) is 12.1 Å². The molecule has 1 saturated heterocycles. The number of hydrogen-bond acceptors (Lipinski definition) is 4. The van der Waals surface area contributed by atoms with Gasteiger partial charge in [-0.3, -0.25) is 9.69 Å². The van der Waals surface area contributed by atoms with Crippen LogP contribution in [0.25, 0.3) is 10.9 Å². The van der Waals surface area contributed by atoms with E-state index in [4.69, 9.17) is 9.47 Å². The van der Waals surface area contributed by atoms with E-state index < -0.39 is 0 Å². The summed E-state index contributed by atoms with van der Waals surface area (Å²) in [6.07, 6.45) is 2.66. The standard InChI is InChI=1S/C24H26N2O3/c1-16-22(24(27)17-8-10-18(28-2)11-9-17)20-6-5-7-21-23(20)26(16)15-19(29-21)14-25-12-3-4-13-25/h5-11,19H,3-4,12-15H2,1-2H3. The molecule has 0 bridgehead atoms. The molecule has 1 atom stereocenters. The Bertz CT molecular complexity index is 1060. The van der Waals surface area contributed by atoms with E-state index >= 15 is 0 Å². The molecule has 5 nitrogen and oxygen atoms in total. The van der Waals surface area contributed by atoms with E-state index in [2.05, 4.69) is 16.4 Å². The first kappa shape index (κ1) is 18.3. The van der Waals surface area contributed by atoms with Crippen molar-refractivity contribution in [3.63, 3.8) is 0 Å². The van der Waals surface area contributed by atoms with Crippen molar-refractivity contribution in [2.45, 2.75) is 32.4 Å². The summed E-state index contributed by atoms with van der Waals surface area (Å²) in [6.45, 7) is 6.09. The number of benzene rings is 2. The average Bonchev–Trinajstić information content (AvgIpc) is 3.35. The molecule has 2 aromatic carbocycles. The number of ketones is 1. The molecule has 0 saturated carbocycles. The van der Waals surface area contributed by atoms with Crippen molar-refractivity contribution >= 4 is 16.7 Å². The van der Waals surface area contributed by atoms with Crippen LogP contribution >= 0.6 is 0 Å². The van der Waals surface area contributed by atoms with Crippen LogP contribution in [0.3, 0.4) is 0 Å². The largest absolute Gasteiger partial charge is 0.497 e. The summed E-state index contributed by atoms with van der Waals surface area (Å²) in [5.41, 5.74) is 3.51. The van der Waals surface area contributed by atoms with Gasteiger partial charge in [0.25, 0.3) is 0 Å². The SMILES string of the molecule is COc1ccc(C(=O)c2c(C)n3c4c(cccc24)OC(CN2CCCC2)C3)cc1. The number of hydrogen-bond donors (Lipinski definition) is 0. The van der Waals surface area contributed by atoms with Gasteiger partial charge in [0.1, 0.15) is 17.6 Å². The van der Waals surface area contributed by atoms with E-state index in [1.807, 2.05) is 42.5 Å². The summed E-state index contributed by atoms with van der Waals surface area (Å²) >= 11 is 0. The zero-order chi connectivity index (χ0) is 20.0. The molecule has 1 fully saturated rings. The first-order valence-corrected chi connectivity index (χ1v) is 10.4. The summed E-state index contributed by atoms with van der Waals surface area (Å²) in [6, 6.07) is 13.4. The molecule has 0 radical (unpaired) electrons. The van der Waals surface area contributed by atoms with Crippen LogP contribution < -0.4 is 9.47 Å². The minimum Gasteiger partial charge on any atom is -0.497 e. The van der Waals surface area contributed by atoms with Gasteiger partial charge in [-0.25, -0.2) is 0 Å². The van der Waals surface area contributed by atoms with Gasteiger partial charge >= 0.3 is 0 Å². The molecule has 1 unspecified atom stereocenters. The normalized spacial score (nSPS) is 18.8. The van der Waals surface area contributed by atoms with Crippen LogP contribution in [-0.4, -0.2) is 48.1 Å². The molecule has 5 heteroatoms. The summed E-state index contributed by atoms with van der Waals surface area (Å²) in [7, 11) is 1.63. The van der Waals surface area contributed by atoms with Crippen molar-refractivity contribution in [1.29, 1.82) is 0 Å². The van der Waals surface area contributed by atoms with Gasteiger partial charge in [-0.15, -0.1) is 0 Å². The number of carbonyl (C=O) groups excluding carboxylic acids is 1. The predicted octanol–water partition coefficient (Wildman–Crippen LogP) is 4.05. The lowest BCUT2D eigenvalue weighted by Gasteiger charge is -2.30. The maximum Gasteiger partial charge on any atom is 0.195 e. The van der Waals surface area contributed by atoms with Crippen LogP contribution in [0.4, 0.5) is 0 Å². The minimum atomic E-state index is 0.0454. The summed E-state index contributed by atoms with van der Waals surface area (Å²) in [5.74, 6) is 1.68. The van der Waals surface area contributed by atoms with E-state index in [9.17, 15) is 4.79 Å². The second-order valence-corrected chi connectivity index (χ2v) is 8.03. The number of nitrogens with zero attached hydrogens (tertiary/aromatic N) is 2. The zero-order valence-electron chi connectivity index (χ0n) is 17.0. The van der Waals surface area contributed by atoms with Gasteiger partial charge < -0.3 is 14.0 Å². The fraction of sp³-hybridized carbons (Fsp3) is 0.375. The third-order valence-corrected chi connectivity index (χ3v) is 6.22. The topological polar surface area (TPSA) is 43.7 Å².